The number of rotatable bonds is 3. The molecule has 2 heterocycles. The summed E-state index contributed by atoms with van der Waals surface area (Å²) in [7, 11) is 0. The molecule has 4 rings (SSSR count). The molecule has 138 valence electrons. The fourth-order valence-electron chi connectivity index (χ4n) is 3.22. The number of fused-ring (bicyclic) bond motifs is 3. The van der Waals surface area contributed by atoms with Crippen molar-refractivity contribution in [1.29, 1.82) is 0 Å². The van der Waals surface area contributed by atoms with Crippen molar-refractivity contribution in [1.82, 2.24) is 14.8 Å². The molecular weight excluding hydrogens is 372 g/mol. The van der Waals surface area contributed by atoms with E-state index in [-0.39, 0.29) is 23.9 Å². The monoisotopic (exact) mass is 387 g/mol. The molecule has 1 unspecified atom stereocenters. The molecule has 3 aromatic rings. The van der Waals surface area contributed by atoms with Gasteiger partial charge < -0.3 is 5.73 Å². The zero-order chi connectivity index (χ0) is 19.1. The third-order valence-electron chi connectivity index (χ3n) is 4.33. The lowest BCUT2D eigenvalue weighted by atomic mass is 9.99. The first-order valence-corrected chi connectivity index (χ1v) is 8.81. The molecule has 0 radical (unpaired) electrons. The van der Waals surface area contributed by atoms with Crippen molar-refractivity contribution in [3.63, 3.8) is 0 Å². The summed E-state index contributed by atoms with van der Waals surface area (Å²) in [5, 5.41) is 8.84. The summed E-state index contributed by atoms with van der Waals surface area (Å²) in [4.78, 5) is 4.45. The van der Waals surface area contributed by atoms with Gasteiger partial charge in [-0.25, -0.2) is 8.78 Å². The second-order valence-corrected chi connectivity index (χ2v) is 6.91. The third kappa shape index (κ3) is 3.13. The van der Waals surface area contributed by atoms with Crippen molar-refractivity contribution in [2.24, 2.45) is 10.7 Å². The highest BCUT2D eigenvalue weighted by Gasteiger charge is 2.26. The lowest BCUT2D eigenvalue weighted by Crippen LogP contribution is -2.21. The van der Waals surface area contributed by atoms with Gasteiger partial charge in [-0.3, -0.25) is 9.56 Å². The van der Waals surface area contributed by atoms with Gasteiger partial charge in [0.25, 0.3) is 0 Å². The van der Waals surface area contributed by atoms with Crippen molar-refractivity contribution >= 4 is 17.3 Å². The van der Waals surface area contributed by atoms with E-state index in [1.165, 1.54) is 18.2 Å². The first-order chi connectivity index (χ1) is 13.0. The van der Waals surface area contributed by atoms with E-state index in [2.05, 4.69) is 15.2 Å². The van der Waals surface area contributed by atoms with Crippen LogP contribution in [0.15, 0.2) is 41.4 Å². The highest BCUT2D eigenvalue weighted by Crippen LogP contribution is 2.30. The molecule has 0 amide bonds. The zero-order valence-corrected chi connectivity index (χ0v) is 15.2. The van der Waals surface area contributed by atoms with Gasteiger partial charge in [0.05, 0.1) is 17.0 Å². The van der Waals surface area contributed by atoms with Crippen LogP contribution in [-0.2, 0) is 13.0 Å². The summed E-state index contributed by atoms with van der Waals surface area (Å²) >= 11 is 6.18. The summed E-state index contributed by atoms with van der Waals surface area (Å²) in [5.74, 6) is -0.142. The van der Waals surface area contributed by atoms with Crippen molar-refractivity contribution in [2.45, 2.75) is 25.9 Å². The van der Waals surface area contributed by atoms with E-state index in [9.17, 15) is 8.78 Å². The fourth-order valence-corrected chi connectivity index (χ4v) is 3.39. The van der Waals surface area contributed by atoms with Crippen molar-refractivity contribution < 1.29 is 8.78 Å². The predicted octanol–water partition coefficient (Wildman–Crippen LogP) is 3.44. The van der Waals surface area contributed by atoms with E-state index in [0.29, 0.717) is 34.3 Å². The van der Waals surface area contributed by atoms with Crippen LogP contribution in [0.1, 0.15) is 29.7 Å². The molecule has 5 nitrogen and oxygen atoms in total. The van der Waals surface area contributed by atoms with E-state index in [4.69, 9.17) is 17.3 Å². The largest absolute Gasteiger partial charge is 0.328 e. The second-order valence-electron chi connectivity index (χ2n) is 6.47. The molecule has 27 heavy (non-hydrogen) atoms. The van der Waals surface area contributed by atoms with Gasteiger partial charge >= 0.3 is 0 Å². The molecule has 1 aromatic heterocycles. The van der Waals surface area contributed by atoms with Gasteiger partial charge in [0.2, 0.25) is 0 Å². The first kappa shape index (κ1) is 17.8. The van der Waals surface area contributed by atoms with E-state index in [1.807, 2.05) is 11.5 Å². The molecular formula is C19H16ClF2N5. The van der Waals surface area contributed by atoms with Crippen LogP contribution in [0.3, 0.4) is 0 Å². The van der Waals surface area contributed by atoms with Crippen LogP contribution in [0.25, 0.3) is 5.69 Å². The molecule has 2 N–H and O–H groups in total. The van der Waals surface area contributed by atoms with Gasteiger partial charge in [0, 0.05) is 23.0 Å². The van der Waals surface area contributed by atoms with Gasteiger partial charge in [-0.15, -0.1) is 10.2 Å². The van der Waals surface area contributed by atoms with E-state index >= 15 is 0 Å². The number of nitrogens with zero attached hydrogens (tertiary/aromatic N) is 4. The van der Waals surface area contributed by atoms with Crippen LogP contribution >= 0.6 is 11.6 Å². The second kappa shape index (κ2) is 6.83. The summed E-state index contributed by atoms with van der Waals surface area (Å²) in [6, 6.07) is 8.73. The molecule has 0 saturated heterocycles. The van der Waals surface area contributed by atoms with Crippen LogP contribution in [0.5, 0.6) is 0 Å². The van der Waals surface area contributed by atoms with E-state index in [0.717, 1.165) is 0 Å². The number of hydrogen-bond donors (Lipinski definition) is 1. The Morgan fingerprint density at radius 3 is 2.63 bits per heavy atom. The Bertz CT molecular complexity index is 1040. The maximum absolute atomic E-state index is 14.5. The Balaban J connectivity index is 1.98. The molecule has 2 aromatic carbocycles. The Kier molecular flexibility index (Phi) is 4.49. The molecule has 0 bridgehead atoms. The van der Waals surface area contributed by atoms with Crippen LogP contribution in [0.4, 0.5) is 8.78 Å². The first-order valence-electron chi connectivity index (χ1n) is 8.43. The maximum atomic E-state index is 14.5. The lowest BCUT2D eigenvalue weighted by Gasteiger charge is -2.15. The van der Waals surface area contributed by atoms with Crippen LogP contribution in [0, 0.1) is 11.6 Å². The Hall–Kier alpha value is -2.64. The summed E-state index contributed by atoms with van der Waals surface area (Å²) < 4.78 is 30.8. The minimum Gasteiger partial charge on any atom is -0.328 e. The van der Waals surface area contributed by atoms with Crippen LogP contribution in [0.2, 0.25) is 5.02 Å². The quantitative estimate of drug-likeness (QED) is 0.748. The molecule has 1 aliphatic heterocycles. The highest BCUT2D eigenvalue weighted by atomic mass is 35.5. The highest BCUT2D eigenvalue weighted by molar-refractivity contribution is 6.31. The van der Waals surface area contributed by atoms with Gasteiger partial charge in [-0.1, -0.05) is 17.7 Å². The van der Waals surface area contributed by atoms with Crippen molar-refractivity contribution in [3.8, 4) is 5.69 Å². The molecule has 0 spiro atoms. The third-order valence-corrected chi connectivity index (χ3v) is 4.57. The molecule has 0 saturated carbocycles. The summed E-state index contributed by atoms with van der Waals surface area (Å²) in [6.45, 7) is 2.00. The number of nitrogens with two attached hydrogens (primary N) is 1. The Morgan fingerprint density at radius 1 is 1.19 bits per heavy atom. The molecule has 1 aliphatic rings. The Morgan fingerprint density at radius 2 is 1.93 bits per heavy atom. The van der Waals surface area contributed by atoms with E-state index < -0.39 is 11.6 Å². The average molecular weight is 388 g/mol. The number of hydrogen-bond acceptors (Lipinski definition) is 4. The van der Waals surface area contributed by atoms with Gasteiger partial charge in [0.15, 0.2) is 5.82 Å². The SMILES string of the molecule is CC(N)Cc1nnc2n1-c1ccc(Cl)cc1C(c1c(F)cccc1F)=NC2. The smallest absolute Gasteiger partial charge is 0.159 e. The number of aliphatic imine (C=N–C) groups is 1. The molecule has 8 heteroatoms. The zero-order valence-electron chi connectivity index (χ0n) is 14.5. The van der Waals surface area contributed by atoms with Crippen LogP contribution < -0.4 is 5.73 Å². The number of aromatic nitrogens is 3. The summed E-state index contributed by atoms with van der Waals surface area (Å²) in [6.07, 6.45) is 0.498. The summed E-state index contributed by atoms with van der Waals surface area (Å²) in [5.41, 5.74) is 7.11. The molecule has 0 fully saturated rings. The molecule has 1 atom stereocenters. The van der Waals surface area contributed by atoms with Crippen LogP contribution in [-0.4, -0.2) is 26.5 Å². The van der Waals surface area contributed by atoms with Crippen molar-refractivity contribution in [3.05, 3.63) is 75.8 Å². The van der Waals surface area contributed by atoms with Gasteiger partial charge in [-0.05, 0) is 37.3 Å². The fraction of sp³-hybridized carbons (Fsp3) is 0.211. The normalized spacial score (nSPS) is 14.2. The minimum atomic E-state index is -0.687. The standard InChI is InChI=1S/C19H16ClF2N5/c1-10(23)7-16-25-26-17-9-24-19(18-13(21)3-2-4-14(18)22)12-8-11(20)5-6-15(12)27(16)17/h2-6,8,10H,7,9,23H2,1H3. The average Bonchev–Trinajstić information content (AvgIpc) is 2.91. The lowest BCUT2D eigenvalue weighted by molar-refractivity contribution is 0.579. The van der Waals surface area contributed by atoms with Crippen molar-refractivity contribution in [2.75, 3.05) is 0 Å². The number of halogens is 3. The van der Waals surface area contributed by atoms with Gasteiger partial charge in [-0.2, -0.15) is 0 Å². The number of benzene rings is 2. The van der Waals surface area contributed by atoms with Gasteiger partial charge in [0.1, 0.15) is 24.0 Å². The maximum Gasteiger partial charge on any atom is 0.159 e. The molecule has 0 aliphatic carbocycles. The minimum absolute atomic E-state index is 0.123. The Labute approximate surface area is 159 Å². The topological polar surface area (TPSA) is 69.1 Å². The van der Waals surface area contributed by atoms with E-state index in [1.54, 1.807) is 18.2 Å². The predicted molar refractivity (Wildman–Crippen MR) is 99.4 cm³/mol.